The molecule has 0 aromatic heterocycles. The SMILES string of the molecule is COc1ccc(CN2CCC(O)(c3ccc(Br)cc3)CC2)cc1. The van der Waals surface area contributed by atoms with E-state index in [9.17, 15) is 5.11 Å². The highest BCUT2D eigenvalue weighted by molar-refractivity contribution is 9.10. The molecule has 4 heteroatoms. The first-order chi connectivity index (χ1) is 11.1. The lowest BCUT2D eigenvalue weighted by molar-refractivity contribution is -0.0277. The van der Waals surface area contributed by atoms with Crippen LogP contribution in [-0.4, -0.2) is 30.2 Å². The highest BCUT2D eigenvalue weighted by atomic mass is 79.9. The van der Waals surface area contributed by atoms with Crippen LogP contribution in [0.5, 0.6) is 5.75 Å². The van der Waals surface area contributed by atoms with Gasteiger partial charge in [0.15, 0.2) is 0 Å². The van der Waals surface area contributed by atoms with Gasteiger partial charge in [0.1, 0.15) is 5.75 Å². The lowest BCUT2D eigenvalue weighted by Crippen LogP contribution is -2.42. The summed E-state index contributed by atoms with van der Waals surface area (Å²) in [5.41, 5.74) is 1.60. The molecule has 3 nitrogen and oxygen atoms in total. The molecule has 0 bridgehead atoms. The van der Waals surface area contributed by atoms with Crippen molar-refractivity contribution in [3.63, 3.8) is 0 Å². The van der Waals surface area contributed by atoms with Gasteiger partial charge in [0.25, 0.3) is 0 Å². The largest absolute Gasteiger partial charge is 0.497 e. The van der Waals surface area contributed by atoms with Crippen molar-refractivity contribution in [1.29, 1.82) is 0 Å². The van der Waals surface area contributed by atoms with Gasteiger partial charge in [-0.05, 0) is 48.2 Å². The summed E-state index contributed by atoms with van der Waals surface area (Å²) >= 11 is 3.45. The van der Waals surface area contributed by atoms with E-state index in [0.29, 0.717) is 0 Å². The van der Waals surface area contributed by atoms with Crippen molar-refractivity contribution in [3.05, 3.63) is 64.1 Å². The quantitative estimate of drug-likeness (QED) is 0.878. The van der Waals surface area contributed by atoms with Crippen molar-refractivity contribution < 1.29 is 9.84 Å². The molecule has 1 fully saturated rings. The Morgan fingerprint density at radius 2 is 1.65 bits per heavy atom. The molecular weight excluding hydrogens is 354 g/mol. The summed E-state index contributed by atoms with van der Waals surface area (Å²) in [6.45, 7) is 2.72. The van der Waals surface area contributed by atoms with E-state index < -0.39 is 5.60 Å². The molecular formula is C19H22BrNO2. The summed E-state index contributed by atoms with van der Waals surface area (Å²) in [5.74, 6) is 0.886. The van der Waals surface area contributed by atoms with Crippen LogP contribution in [0, 0.1) is 0 Å². The molecule has 0 spiro atoms. The summed E-state index contributed by atoms with van der Waals surface area (Å²) < 4.78 is 6.24. The van der Waals surface area contributed by atoms with E-state index in [-0.39, 0.29) is 0 Å². The second-order valence-corrected chi connectivity index (χ2v) is 7.08. The molecule has 0 atom stereocenters. The number of ether oxygens (including phenoxy) is 1. The molecule has 2 aromatic carbocycles. The number of halogens is 1. The van der Waals surface area contributed by atoms with Crippen LogP contribution in [0.25, 0.3) is 0 Å². The molecule has 0 amide bonds. The van der Waals surface area contributed by atoms with E-state index in [4.69, 9.17) is 4.74 Å². The predicted octanol–water partition coefficient (Wildman–Crippen LogP) is 3.94. The topological polar surface area (TPSA) is 32.7 Å². The number of rotatable bonds is 4. The van der Waals surface area contributed by atoms with E-state index in [0.717, 1.165) is 48.3 Å². The van der Waals surface area contributed by atoms with Crippen molar-refractivity contribution in [2.24, 2.45) is 0 Å². The second kappa shape index (κ2) is 7.04. The van der Waals surface area contributed by atoms with Crippen LogP contribution in [0.1, 0.15) is 24.0 Å². The second-order valence-electron chi connectivity index (χ2n) is 6.16. The predicted molar refractivity (Wildman–Crippen MR) is 95.5 cm³/mol. The molecule has 0 unspecified atom stereocenters. The average Bonchev–Trinajstić information content (AvgIpc) is 2.58. The Morgan fingerprint density at radius 3 is 2.22 bits per heavy atom. The first-order valence-electron chi connectivity index (χ1n) is 7.93. The average molecular weight is 376 g/mol. The monoisotopic (exact) mass is 375 g/mol. The highest BCUT2D eigenvalue weighted by Crippen LogP contribution is 2.33. The maximum absolute atomic E-state index is 10.9. The molecule has 1 N–H and O–H groups in total. The van der Waals surface area contributed by atoms with Crippen molar-refractivity contribution in [2.45, 2.75) is 25.0 Å². The lowest BCUT2D eigenvalue weighted by Gasteiger charge is -2.38. The van der Waals surface area contributed by atoms with Crippen molar-refractivity contribution in [2.75, 3.05) is 20.2 Å². The van der Waals surface area contributed by atoms with Gasteiger partial charge in [-0.3, -0.25) is 4.90 Å². The van der Waals surface area contributed by atoms with Gasteiger partial charge in [-0.1, -0.05) is 40.2 Å². The van der Waals surface area contributed by atoms with Crippen LogP contribution in [0.2, 0.25) is 0 Å². The fourth-order valence-electron chi connectivity index (χ4n) is 3.12. The maximum Gasteiger partial charge on any atom is 0.118 e. The fraction of sp³-hybridized carbons (Fsp3) is 0.368. The number of piperidine rings is 1. The number of hydrogen-bond donors (Lipinski definition) is 1. The van der Waals surface area contributed by atoms with E-state index in [1.165, 1.54) is 5.56 Å². The lowest BCUT2D eigenvalue weighted by atomic mass is 9.84. The number of nitrogens with zero attached hydrogens (tertiary/aromatic N) is 1. The maximum atomic E-state index is 10.9. The van der Waals surface area contributed by atoms with Crippen LogP contribution in [0.15, 0.2) is 53.0 Å². The summed E-state index contributed by atoms with van der Waals surface area (Å²) in [5, 5.41) is 10.9. The molecule has 3 rings (SSSR count). The highest BCUT2D eigenvalue weighted by Gasteiger charge is 2.33. The van der Waals surface area contributed by atoms with Gasteiger partial charge in [0, 0.05) is 24.1 Å². The third kappa shape index (κ3) is 3.94. The van der Waals surface area contributed by atoms with Gasteiger partial charge in [-0.15, -0.1) is 0 Å². The number of benzene rings is 2. The first-order valence-corrected chi connectivity index (χ1v) is 8.72. The summed E-state index contributed by atoms with van der Waals surface area (Å²) in [7, 11) is 1.68. The Kier molecular flexibility index (Phi) is 5.05. The van der Waals surface area contributed by atoms with E-state index in [2.05, 4.69) is 33.0 Å². The minimum absolute atomic E-state index is 0.697. The van der Waals surface area contributed by atoms with Crippen molar-refractivity contribution >= 4 is 15.9 Å². The number of likely N-dealkylation sites (tertiary alicyclic amines) is 1. The molecule has 1 saturated heterocycles. The fourth-order valence-corrected chi connectivity index (χ4v) is 3.38. The minimum Gasteiger partial charge on any atom is -0.497 e. The van der Waals surface area contributed by atoms with Gasteiger partial charge in [-0.25, -0.2) is 0 Å². The zero-order valence-electron chi connectivity index (χ0n) is 13.3. The standard InChI is InChI=1S/C19H22BrNO2/c1-23-18-8-2-15(3-9-18)14-21-12-10-19(22,11-13-21)16-4-6-17(20)7-5-16/h2-9,22H,10-14H2,1H3. The molecule has 0 saturated carbocycles. The zero-order chi connectivity index (χ0) is 16.3. The third-order valence-electron chi connectivity index (χ3n) is 4.63. The molecule has 1 aliphatic rings. The van der Waals surface area contributed by atoms with Crippen LogP contribution in [0.3, 0.4) is 0 Å². The molecule has 0 radical (unpaired) electrons. The van der Waals surface area contributed by atoms with Gasteiger partial charge in [-0.2, -0.15) is 0 Å². The van der Waals surface area contributed by atoms with Crippen molar-refractivity contribution in [3.8, 4) is 5.75 Å². The first kappa shape index (κ1) is 16.5. The van der Waals surface area contributed by atoms with Gasteiger partial charge >= 0.3 is 0 Å². The Labute approximate surface area is 146 Å². The smallest absolute Gasteiger partial charge is 0.118 e. The normalized spacial score (nSPS) is 17.9. The molecule has 0 aliphatic carbocycles. The van der Waals surface area contributed by atoms with Gasteiger partial charge in [0.05, 0.1) is 12.7 Å². The summed E-state index contributed by atoms with van der Waals surface area (Å²) in [4.78, 5) is 2.40. The number of methoxy groups -OCH3 is 1. The van der Waals surface area contributed by atoms with Crippen LogP contribution < -0.4 is 4.74 Å². The molecule has 122 valence electrons. The molecule has 1 aliphatic heterocycles. The van der Waals surface area contributed by atoms with Crippen LogP contribution in [-0.2, 0) is 12.1 Å². The third-order valence-corrected chi connectivity index (χ3v) is 5.16. The van der Waals surface area contributed by atoms with E-state index >= 15 is 0 Å². The zero-order valence-corrected chi connectivity index (χ0v) is 14.9. The van der Waals surface area contributed by atoms with E-state index in [1.807, 2.05) is 36.4 Å². The Hall–Kier alpha value is -1.36. The Bertz CT molecular complexity index is 631. The molecule has 2 aromatic rings. The van der Waals surface area contributed by atoms with Crippen molar-refractivity contribution in [1.82, 2.24) is 4.90 Å². The van der Waals surface area contributed by atoms with Gasteiger partial charge in [0.2, 0.25) is 0 Å². The molecule has 1 heterocycles. The Balaban J connectivity index is 1.60. The van der Waals surface area contributed by atoms with Crippen LogP contribution in [0.4, 0.5) is 0 Å². The number of hydrogen-bond acceptors (Lipinski definition) is 3. The van der Waals surface area contributed by atoms with E-state index in [1.54, 1.807) is 7.11 Å². The van der Waals surface area contributed by atoms with Crippen LogP contribution >= 0.6 is 15.9 Å². The minimum atomic E-state index is -0.697. The Morgan fingerprint density at radius 1 is 1.04 bits per heavy atom. The van der Waals surface area contributed by atoms with Gasteiger partial charge < -0.3 is 9.84 Å². The summed E-state index contributed by atoms with van der Waals surface area (Å²) in [6.07, 6.45) is 1.54. The molecule has 23 heavy (non-hydrogen) atoms. The number of aliphatic hydroxyl groups is 1. The summed E-state index contributed by atoms with van der Waals surface area (Å²) in [6, 6.07) is 16.2.